The van der Waals surface area contributed by atoms with Crippen molar-refractivity contribution in [3.63, 3.8) is 0 Å². The first-order valence-corrected chi connectivity index (χ1v) is 7.69. The molecule has 0 aliphatic heterocycles. The molecule has 7 heteroatoms. The first-order valence-electron chi connectivity index (χ1n) is 7.69. The SMILES string of the molecule is CC.CC.CCc1cc(O)cc2cc(F)c(F)c(OC(O)(O)F)c12. The number of aliphatic hydroxyl groups is 2. The minimum absolute atomic E-state index is 0.0417. The highest BCUT2D eigenvalue weighted by atomic mass is 19.2. The number of hydrogen-bond donors (Lipinski definition) is 3. The Hall–Kier alpha value is -1.99. The molecular weight excluding hydrogens is 325 g/mol. The van der Waals surface area contributed by atoms with Crippen molar-refractivity contribution in [1.29, 1.82) is 0 Å². The molecule has 24 heavy (non-hydrogen) atoms. The third-order valence-electron chi connectivity index (χ3n) is 2.77. The molecule has 2 aromatic carbocycles. The van der Waals surface area contributed by atoms with Crippen LogP contribution in [0.15, 0.2) is 18.2 Å². The van der Waals surface area contributed by atoms with Gasteiger partial charge in [0, 0.05) is 5.39 Å². The van der Waals surface area contributed by atoms with Crippen molar-refractivity contribution in [2.45, 2.75) is 47.3 Å². The summed E-state index contributed by atoms with van der Waals surface area (Å²) in [6.45, 7) is 9.67. The van der Waals surface area contributed by atoms with E-state index in [0.717, 1.165) is 12.1 Å². The molecule has 0 fully saturated rings. The monoisotopic (exact) mass is 348 g/mol. The number of aromatic hydroxyl groups is 1. The van der Waals surface area contributed by atoms with Gasteiger partial charge in [-0.25, -0.2) is 4.39 Å². The highest BCUT2D eigenvalue weighted by Gasteiger charge is 2.29. The lowest BCUT2D eigenvalue weighted by Crippen LogP contribution is -2.29. The summed E-state index contributed by atoms with van der Waals surface area (Å²) in [5.74, 6) is -4.08. The lowest BCUT2D eigenvalue weighted by molar-refractivity contribution is -0.375. The van der Waals surface area contributed by atoms with Crippen molar-refractivity contribution in [2.24, 2.45) is 0 Å². The highest BCUT2D eigenvalue weighted by Crippen LogP contribution is 2.37. The molecule has 3 N–H and O–H groups in total. The Balaban J connectivity index is 0.00000123. The fraction of sp³-hybridized carbons (Fsp3) is 0.412. The van der Waals surface area contributed by atoms with Crippen LogP contribution >= 0.6 is 0 Å². The molecule has 0 heterocycles. The van der Waals surface area contributed by atoms with Gasteiger partial charge in [-0.3, -0.25) is 0 Å². The minimum atomic E-state index is -4.15. The fourth-order valence-electron chi connectivity index (χ4n) is 2.02. The molecule has 0 saturated heterocycles. The Labute approximate surface area is 139 Å². The molecule has 0 bridgehead atoms. The Morgan fingerprint density at radius 3 is 2.04 bits per heavy atom. The van der Waals surface area contributed by atoms with Crippen molar-refractivity contribution in [3.05, 3.63) is 35.4 Å². The van der Waals surface area contributed by atoms with Crippen LogP contribution in [-0.4, -0.2) is 21.5 Å². The molecule has 4 nitrogen and oxygen atoms in total. The van der Waals surface area contributed by atoms with Gasteiger partial charge < -0.3 is 20.1 Å². The van der Waals surface area contributed by atoms with E-state index in [4.69, 9.17) is 10.2 Å². The smallest absolute Gasteiger partial charge is 0.492 e. The van der Waals surface area contributed by atoms with Crippen molar-refractivity contribution >= 4 is 10.8 Å². The van der Waals surface area contributed by atoms with Crippen molar-refractivity contribution < 1.29 is 33.2 Å². The minimum Gasteiger partial charge on any atom is -0.508 e. The molecule has 0 radical (unpaired) electrons. The summed E-state index contributed by atoms with van der Waals surface area (Å²) in [6, 6.07) is 3.19. The molecular formula is C17H23F3O4. The van der Waals surface area contributed by atoms with Gasteiger partial charge in [-0.05, 0) is 35.6 Å². The second kappa shape index (κ2) is 9.34. The first-order chi connectivity index (χ1) is 11.2. The number of rotatable bonds is 3. The van der Waals surface area contributed by atoms with Crippen LogP contribution in [0.2, 0.25) is 0 Å². The zero-order valence-electron chi connectivity index (χ0n) is 14.3. The normalized spacial score (nSPS) is 10.4. The zero-order valence-corrected chi connectivity index (χ0v) is 14.3. The third kappa shape index (κ3) is 5.28. The van der Waals surface area contributed by atoms with Crippen LogP contribution in [0.3, 0.4) is 0 Å². The van der Waals surface area contributed by atoms with Crippen molar-refractivity contribution in [2.75, 3.05) is 0 Å². The lowest BCUT2D eigenvalue weighted by Gasteiger charge is -2.17. The molecule has 136 valence electrons. The summed E-state index contributed by atoms with van der Waals surface area (Å²) >= 11 is 0. The second-order valence-corrected chi connectivity index (χ2v) is 4.19. The molecule has 0 spiro atoms. The highest BCUT2D eigenvalue weighted by molar-refractivity contribution is 5.93. The summed E-state index contributed by atoms with van der Waals surface area (Å²) in [5, 5.41) is 26.7. The van der Waals surface area contributed by atoms with Gasteiger partial charge in [0.1, 0.15) is 5.75 Å². The molecule has 0 atom stereocenters. The summed E-state index contributed by atoms with van der Waals surface area (Å²) in [6.07, 6.45) is -3.85. The van der Waals surface area contributed by atoms with Gasteiger partial charge in [-0.2, -0.15) is 4.39 Å². The predicted molar refractivity (Wildman–Crippen MR) is 86.5 cm³/mol. The van der Waals surface area contributed by atoms with Gasteiger partial charge in [0.2, 0.25) is 5.82 Å². The summed E-state index contributed by atoms with van der Waals surface area (Å²) in [7, 11) is 0. The van der Waals surface area contributed by atoms with Crippen LogP contribution in [0.25, 0.3) is 10.8 Å². The number of phenols is 1. The van der Waals surface area contributed by atoms with E-state index >= 15 is 0 Å². The average Bonchev–Trinajstić information content (AvgIpc) is 2.53. The number of halogens is 3. The number of fused-ring (bicyclic) bond motifs is 1. The summed E-state index contributed by atoms with van der Waals surface area (Å²) in [4.78, 5) is 0. The van der Waals surface area contributed by atoms with Gasteiger partial charge in [0.25, 0.3) is 0 Å². The van der Waals surface area contributed by atoms with Crippen LogP contribution in [0.4, 0.5) is 13.2 Å². The van der Waals surface area contributed by atoms with Gasteiger partial charge in [-0.15, -0.1) is 4.39 Å². The van der Waals surface area contributed by atoms with Gasteiger partial charge in [0.15, 0.2) is 11.6 Å². The van der Waals surface area contributed by atoms with Crippen molar-refractivity contribution in [3.8, 4) is 11.5 Å². The van der Waals surface area contributed by atoms with Crippen LogP contribution < -0.4 is 4.74 Å². The van der Waals surface area contributed by atoms with Gasteiger partial charge >= 0.3 is 6.23 Å². The van der Waals surface area contributed by atoms with E-state index in [1.807, 2.05) is 27.7 Å². The number of hydrogen-bond acceptors (Lipinski definition) is 4. The number of ether oxygens (including phenoxy) is 1. The maximum atomic E-state index is 13.7. The molecule has 2 rings (SSSR count). The Morgan fingerprint density at radius 1 is 1.04 bits per heavy atom. The van der Waals surface area contributed by atoms with E-state index in [2.05, 4.69) is 4.74 Å². The maximum Gasteiger partial charge on any atom is 0.492 e. The molecule has 0 aliphatic carbocycles. The second-order valence-electron chi connectivity index (χ2n) is 4.19. The van der Waals surface area contributed by atoms with E-state index in [9.17, 15) is 18.3 Å². The fourth-order valence-corrected chi connectivity index (χ4v) is 2.02. The first kappa shape index (κ1) is 22.0. The van der Waals surface area contributed by atoms with Crippen molar-refractivity contribution in [1.82, 2.24) is 0 Å². The summed E-state index contributed by atoms with van der Waals surface area (Å²) < 4.78 is 44.0. The number of alkyl halides is 1. The molecule has 2 aromatic rings. The molecule has 0 unspecified atom stereocenters. The van der Waals surface area contributed by atoms with Crippen LogP contribution in [0.5, 0.6) is 11.5 Å². The Kier molecular flexibility index (Phi) is 8.57. The zero-order chi connectivity index (χ0) is 19.1. The number of phenolic OH excluding ortho intramolecular Hbond substituents is 1. The summed E-state index contributed by atoms with van der Waals surface area (Å²) in [5.41, 5.74) is 0.332. The van der Waals surface area contributed by atoms with E-state index in [0.29, 0.717) is 12.0 Å². The number of aryl methyl sites for hydroxylation is 1. The molecule has 0 aliphatic rings. The lowest BCUT2D eigenvalue weighted by atomic mass is 10.0. The predicted octanol–water partition coefficient (Wildman–Crippen LogP) is 4.38. The van der Waals surface area contributed by atoms with Gasteiger partial charge in [0.05, 0.1) is 0 Å². The van der Waals surface area contributed by atoms with E-state index in [-0.39, 0.29) is 16.5 Å². The third-order valence-corrected chi connectivity index (χ3v) is 2.77. The van der Waals surface area contributed by atoms with Crippen LogP contribution in [0.1, 0.15) is 40.2 Å². The molecule has 0 aromatic heterocycles. The maximum absolute atomic E-state index is 13.7. The quantitative estimate of drug-likeness (QED) is 0.720. The van der Waals surface area contributed by atoms with E-state index < -0.39 is 23.6 Å². The van der Waals surface area contributed by atoms with E-state index in [1.165, 1.54) is 6.07 Å². The number of benzene rings is 2. The topological polar surface area (TPSA) is 69.9 Å². The molecule has 0 saturated carbocycles. The van der Waals surface area contributed by atoms with Gasteiger partial charge in [-0.1, -0.05) is 34.6 Å². The standard InChI is InChI=1S/C13H11F3O4.2C2H6/c1-2-6-3-8(17)4-7-5-9(14)11(15)12(10(6)7)20-13(16,18)19;2*1-2/h3-5,17-19H,2H2,1H3;2*1-2H3. The average molecular weight is 348 g/mol. The largest absolute Gasteiger partial charge is 0.508 e. The Morgan fingerprint density at radius 2 is 1.58 bits per heavy atom. The molecule has 0 amide bonds. The van der Waals surface area contributed by atoms with E-state index in [1.54, 1.807) is 6.92 Å². The van der Waals surface area contributed by atoms with Crippen LogP contribution in [-0.2, 0) is 6.42 Å². The van der Waals surface area contributed by atoms with Crippen LogP contribution in [0, 0.1) is 11.6 Å². The Bertz CT molecular complexity index is 667.